The molecule has 1 aromatic carbocycles. The van der Waals surface area contributed by atoms with Crippen molar-refractivity contribution in [1.82, 2.24) is 5.32 Å². The number of hydrogen-bond acceptors (Lipinski definition) is 3. The number of amides is 1. The Bertz CT molecular complexity index is 427. The van der Waals surface area contributed by atoms with Crippen LogP contribution in [-0.4, -0.2) is 26.7 Å². The summed E-state index contributed by atoms with van der Waals surface area (Å²) in [6.45, 7) is 2.16. The lowest BCUT2D eigenvalue weighted by atomic mass is 10.1. The third kappa shape index (κ3) is 4.49. The molecule has 0 spiro atoms. The van der Waals surface area contributed by atoms with Crippen LogP contribution in [0.25, 0.3) is 6.08 Å². The van der Waals surface area contributed by atoms with E-state index in [0.717, 1.165) is 12.0 Å². The number of hydrogen-bond donors (Lipinski definition) is 1. The zero-order chi connectivity index (χ0) is 13.4. The number of carbonyl (C=O) groups is 1. The van der Waals surface area contributed by atoms with Crippen LogP contribution in [0.5, 0.6) is 11.5 Å². The van der Waals surface area contributed by atoms with Gasteiger partial charge in [-0.15, -0.1) is 0 Å². The molecule has 1 rings (SSSR count). The van der Waals surface area contributed by atoms with Gasteiger partial charge in [-0.2, -0.15) is 0 Å². The van der Waals surface area contributed by atoms with E-state index in [2.05, 4.69) is 5.32 Å². The first-order valence-corrected chi connectivity index (χ1v) is 5.80. The zero-order valence-corrected chi connectivity index (χ0v) is 11.0. The lowest BCUT2D eigenvalue weighted by Crippen LogP contribution is -2.20. The van der Waals surface area contributed by atoms with E-state index in [1.54, 1.807) is 14.2 Å². The van der Waals surface area contributed by atoms with E-state index in [1.165, 1.54) is 6.92 Å². The monoisotopic (exact) mass is 249 g/mol. The van der Waals surface area contributed by atoms with Crippen molar-refractivity contribution in [2.45, 2.75) is 13.3 Å². The maximum atomic E-state index is 10.7. The average Bonchev–Trinajstić information content (AvgIpc) is 2.37. The minimum Gasteiger partial charge on any atom is -0.493 e. The minimum absolute atomic E-state index is 0.00508. The highest BCUT2D eigenvalue weighted by molar-refractivity contribution is 5.72. The molecule has 98 valence electrons. The second kappa shape index (κ2) is 7.37. The number of rotatable bonds is 6. The van der Waals surface area contributed by atoms with Crippen LogP contribution in [0.2, 0.25) is 0 Å². The molecule has 0 fully saturated rings. The molecule has 0 aliphatic rings. The third-order valence-corrected chi connectivity index (χ3v) is 2.40. The van der Waals surface area contributed by atoms with Gasteiger partial charge >= 0.3 is 0 Å². The highest BCUT2D eigenvalue weighted by Gasteiger charge is 2.02. The molecule has 0 aliphatic heterocycles. The van der Waals surface area contributed by atoms with Gasteiger partial charge in [0.1, 0.15) is 0 Å². The Kier molecular flexibility index (Phi) is 5.77. The number of benzene rings is 1. The van der Waals surface area contributed by atoms with E-state index in [1.807, 2.05) is 30.4 Å². The summed E-state index contributed by atoms with van der Waals surface area (Å²) in [6, 6.07) is 5.73. The Morgan fingerprint density at radius 3 is 2.61 bits per heavy atom. The van der Waals surface area contributed by atoms with Crippen LogP contribution in [0.3, 0.4) is 0 Å². The van der Waals surface area contributed by atoms with E-state index in [9.17, 15) is 4.79 Å². The van der Waals surface area contributed by atoms with Crippen LogP contribution >= 0.6 is 0 Å². The summed E-state index contributed by atoms with van der Waals surface area (Å²) in [7, 11) is 3.23. The van der Waals surface area contributed by atoms with Crippen LogP contribution in [0.4, 0.5) is 0 Å². The van der Waals surface area contributed by atoms with Crippen molar-refractivity contribution in [2.75, 3.05) is 20.8 Å². The topological polar surface area (TPSA) is 47.6 Å². The number of ether oxygens (including phenoxy) is 2. The van der Waals surface area contributed by atoms with Gasteiger partial charge in [-0.05, 0) is 24.1 Å². The van der Waals surface area contributed by atoms with Crippen molar-refractivity contribution in [3.8, 4) is 11.5 Å². The first kappa shape index (κ1) is 14.1. The van der Waals surface area contributed by atoms with Crippen LogP contribution in [-0.2, 0) is 4.79 Å². The van der Waals surface area contributed by atoms with Gasteiger partial charge in [0, 0.05) is 13.5 Å². The third-order valence-electron chi connectivity index (χ3n) is 2.40. The standard InChI is InChI=1S/C14H19NO3/c1-11(16)15-9-5-4-6-12-7-8-13(17-2)14(10-12)18-3/h4,6-8,10H,5,9H2,1-3H3,(H,15,16). The predicted octanol–water partition coefficient (Wildman–Crippen LogP) is 2.24. The van der Waals surface area contributed by atoms with Gasteiger partial charge in [-0.3, -0.25) is 4.79 Å². The van der Waals surface area contributed by atoms with Crippen molar-refractivity contribution in [3.63, 3.8) is 0 Å². The summed E-state index contributed by atoms with van der Waals surface area (Å²) in [5.41, 5.74) is 1.04. The Morgan fingerprint density at radius 2 is 2.00 bits per heavy atom. The molecular formula is C14H19NO3. The Morgan fingerprint density at radius 1 is 1.28 bits per heavy atom. The van der Waals surface area contributed by atoms with Crippen molar-refractivity contribution in [3.05, 3.63) is 29.8 Å². The van der Waals surface area contributed by atoms with Gasteiger partial charge in [0.15, 0.2) is 11.5 Å². The second-order valence-corrected chi connectivity index (χ2v) is 3.79. The van der Waals surface area contributed by atoms with Crippen LogP contribution in [0.1, 0.15) is 18.9 Å². The largest absolute Gasteiger partial charge is 0.493 e. The van der Waals surface area contributed by atoms with Gasteiger partial charge in [0.2, 0.25) is 5.91 Å². The molecule has 0 unspecified atom stereocenters. The number of nitrogens with one attached hydrogen (secondary N) is 1. The second-order valence-electron chi connectivity index (χ2n) is 3.79. The summed E-state index contributed by atoms with van der Waals surface area (Å²) < 4.78 is 10.4. The minimum atomic E-state index is -0.00508. The van der Waals surface area contributed by atoms with Gasteiger partial charge in [0.05, 0.1) is 14.2 Å². The summed E-state index contributed by atoms with van der Waals surface area (Å²) in [5, 5.41) is 2.74. The van der Waals surface area contributed by atoms with E-state index in [4.69, 9.17) is 9.47 Å². The number of carbonyl (C=O) groups excluding carboxylic acids is 1. The Labute approximate surface area is 108 Å². The molecule has 0 aromatic heterocycles. The summed E-state index contributed by atoms with van der Waals surface area (Å²) in [4.78, 5) is 10.7. The first-order valence-electron chi connectivity index (χ1n) is 5.80. The molecule has 1 N–H and O–H groups in total. The maximum absolute atomic E-state index is 10.7. The molecule has 0 bridgehead atoms. The highest BCUT2D eigenvalue weighted by Crippen LogP contribution is 2.27. The van der Waals surface area contributed by atoms with Crippen LogP contribution in [0.15, 0.2) is 24.3 Å². The van der Waals surface area contributed by atoms with Crippen molar-refractivity contribution < 1.29 is 14.3 Å². The van der Waals surface area contributed by atoms with Crippen molar-refractivity contribution in [1.29, 1.82) is 0 Å². The molecule has 0 saturated heterocycles. The van der Waals surface area contributed by atoms with Crippen LogP contribution < -0.4 is 14.8 Å². The van der Waals surface area contributed by atoms with Crippen molar-refractivity contribution in [2.24, 2.45) is 0 Å². The smallest absolute Gasteiger partial charge is 0.216 e. The first-order chi connectivity index (χ1) is 8.67. The van der Waals surface area contributed by atoms with E-state index >= 15 is 0 Å². The fraction of sp³-hybridized carbons (Fsp3) is 0.357. The fourth-order valence-electron chi connectivity index (χ4n) is 1.51. The summed E-state index contributed by atoms with van der Waals surface area (Å²) >= 11 is 0. The summed E-state index contributed by atoms with van der Waals surface area (Å²) in [5.74, 6) is 1.42. The Balaban J connectivity index is 2.56. The maximum Gasteiger partial charge on any atom is 0.216 e. The molecule has 0 radical (unpaired) electrons. The van der Waals surface area contributed by atoms with Gasteiger partial charge in [-0.1, -0.05) is 18.2 Å². The van der Waals surface area contributed by atoms with Gasteiger partial charge in [0.25, 0.3) is 0 Å². The zero-order valence-electron chi connectivity index (χ0n) is 11.0. The Hall–Kier alpha value is -1.97. The van der Waals surface area contributed by atoms with E-state index < -0.39 is 0 Å². The molecular weight excluding hydrogens is 230 g/mol. The quantitative estimate of drug-likeness (QED) is 0.786. The predicted molar refractivity (Wildman–Crippen MR) is 71.9 cm³/mol. The molecule has 0 aliphatic carbocycles. The molecule has 0 heterocycles. The molecule has 1 aromatic rings. The lowest BCUT2D eigenvalue weighted by molar-refractivity contribution is -0.118. The van der Waals surface area contributed by atoms with Gasteiger partial charge in [-0.25, -0.2) is 0 Å². The highest BCUT2D eigenvalue weighted by atomic mass is 16.5. The fourth-order valence-corrected chi connectivity index (χ4v) is 1.51. The van der Waals surface area contributed by atoms with Gasteiger partial charge < -0.3 is 14.8 Å². The summed E-state index contributed by atoms with van der Waals surface area (Å²) in [6.07, 6.45) is 4.80. The molecule has 4 nitrogen and oxygen atoms in total. The molecule has 18 heavy (non-hydrogen) atoms. The SMILES string of the molecule is COc1ccc(C=CCCNC(C)=O)cc1OC. The molecule has 0 atom stereocenters. The molecule has 1 amide bonds. The average molecular weight is 249 g/mol. The van der Waals surface area contributed by atoms with Crippen molar-refractivity contribution >= 4 is 12.0 Å². The normalized spacial score (nSPS) is 10.4. The lowest BCUT2D eigenvalue weighted by Gasteiger charge is -2.07. The van der Waals surface area contributed by atoms with E-state index in [-0.39, 0.29) is 5.91 Å². The molecule has 4 heteroatoms. The molecule has 0 saturated carbocycles. The van der Waals surface area contributed by atoms with Crippen LogP contribution in [0, 0.1) is 0 Å². The van der Waals surface area contributed by atoms with E-state index in [0.29, 0.717) is 18.0 Å². The number of methoxy groups -OCH3 is 2.